The number of carbonyl (C=O) groups excluding carboxylic acids is 1. The third-order valence-electron chi connectivity index (χ3n) is 2.29. The minimum absolute atomic E-state index is 0.365. The van der Waals surface area contributed by atoms with Gasteiger partial charge in [-0.2, -0.15) is 0 Å². The van der Waals surface area contributed by atoms with Crippen LogP contribution in [0.4, 0.5) is 5.69 Å². The summed E-state index contributed by atoms with van der Waals surface area (Å²) >= 11 is 0. The van der Waals surface area contributed by atoms with Crippen molar-refractivity contribution in [1.29, 1.82) is 0 Å². The quantitative estimate of drug-likeness (QED) is 0.757. The van der Waals surface area contributed by atoms with Crippen LogP contribution in [0.15, 0.2) is 18.2 Å². The van der Waals surface area contributed by atoms with Gasteiger partial charge in [-0.15, -0.1) is 0 Å². The summed E-state index contributed by atoms with van der Waals surface area (Å²) in [5, 5.41) is 2.62. The lowest BCUT2D eigenvalue weighted by molar-refractivity contribution is -0.112. The van der Waals surface area contributed by atoms with Gasteiger partial charge in [0.25, 0.3) is 0 Å². The van der Waals surface area contributed by atoms with E-state index in [4.69, 9.17) is 9.47 Å². The molecule has 0 unspecified atom stereocenters. The maximum absolute atomic E-state index is 11.0. The Morgan fingerprint density at radius 1 is 1.33 bits per heavy atom. The van der Waals surface area contributed by atoms with Crippen LogP contribution in [0.1, 0.15) is 26.7 Å². The number of rotatable bonds is 7. The molecule has 1 amide bonds. The van der Waals surface area contributed by atoms with Crippen LogP contribution in [-0.4, -0.2) is 19.1 Å². The predicted molar refractivity (Wildman–Crippen MR) is 72.0 cm³/mol. The van der Waals surface area contributed by atoms with Crippen LogP contribution in [0.3, 0.4) is 0 Å². The first-order chi connectivity index (χ1) is 8.67. The van der Waals surface area contributed by atoms with E-state index in [2.05, 4.69) is 19.2 Å². The van der Waals surface area contributed by atoms with Gasteiger partial charge in [-0.25, -0.2) is 0 Å². The highest BCUT2D eigenvalue weighted by Crippen LogP contribution is 2.29. The summed E-state index contributed by atoms with van der Waals surface area (Å²) in [6.07, 6.45) is 2.11. The molecule has 4 heteroatoms. The van der Waals surface area contributed by atoms with Gasteiger partial charge in [0.05, 0.1) is 18.9 Å². The van der Waals surface area contributed by atoms with Crippen LogP contribution < -0.4 is 14.8 Å². The van der Waals surface area contributed by atoms with Gasteiger partial charge < -0.3 is 14.8 Å². The van der Waals surface area contributed by atoms with Crippen LogP contribution in [0.2, 0.25) is 0 Å². The summed E-state index contributed by atoms with van der Waals surface area (Å²) in [4.78, 5) is 11.0. The zero-order valence-electron chi connectivity index (χ0n) is 11.0. The summed E-state index contributed by atoms with van der Waals surface area (Å²) in [5.74, 6) is 0.980. The molecule has 0 atom stereocenters. The number of nitrogens with one attached hydrogen (secondary N) is 1. The lowest BCUT2D eigenvalue weighted by Gasteiger charge is -2.13. The van der Waals surface area contributed by atoms with Gasteiger partial charge >= 0.3 is 0 Å². The average molecular weight is 250 g/mol. The number of carbonyl (C=O) groups is 1. The molecule has 0 aliphatic carbocycles. The maximum atomic E-state index is 11.0. The van der Waals surface area contributed by atoms with Crippen LogP contribution in [-0.2, 0) is 4.79 Å². The number of anilines is 1. The second-order valence-corrected chi connectivity index (χ2v) is 3.84. The van der Waals surface area contributed by atoms with E-state index in [1.165, 1.54) is 0 Å². The second-order valence-electron chi connectivity index (χ2n) is 3.84. The van der Waals surface area contributed by atoms with Crippen molar-refractivity contribution in [3.05, 3.63) is 25.1 Å². The number of benzene rings is 1. The summed E-state index contributed by atoms with van der Waals surface area (Å²) in [7, 11) is 0. The second kappa shape index (κ2) is 7.58. The van der Waals surface area contributed by atoms with E-state index >= 15 is 0 Å². The molecule has 0 saturated heterocycles. The van der Waals surface area contributed by atoms with Crippen molar-refractivity contribution in [3.63, 3.8) is 0 Å². The molecule has 0 heterocycles. The zero-order valence-corrected chi connectivity index (χ0v) is 11.0. The van der Waals surface area contributed by atoms with Crippen LogP contribution in [0, 0.1) is 6.92 Å². The normalized spacial score (nSPS) is 9.94. The maximum Gasteiger partial charge on any atom is 0.224 e. The van der Waals surface area contributed by atoms with Crippen molar-refractivity contribution in [2.45, 2.75) is 26.7 Å². The summed E-state index contributed by atoms with van der Waals surface area (Å²) < 4.78 is 11.0. The Morgan fingerprint density at radius 3 is 2.72 bits per heavy atom. The van der Waals surface area contributed by atoms with Gasteiger partial charge in [0.15, 0.2) is 0 Å². The number of hydrogen-bond acceptors (Lipinski definition) is 3. The minimum Gasteiger partial charge on any atom is -0.493 e. The summed E-state index contributed by atoms with van der Waals surface area (Å²) in [5.41, 5.74) is 0.611. The van der Waals surface area contributed by atoms with Crippen LogP contribution in [0.25, 0.3) is 0 Å². The number of hydrogen-bond donors (Lipinski definition) is 1. The first-order valence-electron chi connectivity index (χ1n) is 6.20. The fourth-order valence-corrected chi connectivity index (χ4v) is 1.46. The Hall–Kier alpha value is -1.71. The molecule has 1 aromatic carbocycles. The molecule has 1 rings (SSSR count). The molecule has 99 valence electrons. The van der Waals surface area contributed by atoms with Crippen molar-refractivity contribution >= 4 is 11.6 Å². The molecule has 0 bridgehead atoms. The molecule has 1 aromatic rings. The Kier molecular flexibility index (Phi) is 6.05. The molecule has 4 nitrogen and oxygen atoms in total. The van der Waals surface area contributed by atoms with Crippen molar-refractivity contribution in [1.82, 2.24) is 0 Å². The highest BCUT2D eigenvalue weighted by Gasteiger charge is 2.07. The van der Waals surface area contributed by atoms with Gasteiger partial charge in [0, 0.05) is 13.0 Å². The molecule has 0 fully saturated rings. The average Bonchev–Trinajstić information content (AvgIpc) is 2.32. The number of unbranched alkanes of at least 4 members (excludes halogenated alkanes) is 1. The Labute approximate surface area is 108 Å². The van der Waals surface area contributed by atoms with Gasteiger partial charge in [0.1, 0.15) is 11.5 Å². The lowest BCUT2D eigenvalue weighted by atomic mass is 10.2. The molecular formula is C14H20NO3. The molecule has 1 radical (unpaired) electrons. The molecule has 0 spiro atoms. The topological polar surface area (TPSA) is 47.6 Å². The standard InChI is InChI=1S/C14H20NO3/c1-4-6-9-18-12-7-8-13(15-11(3)16)14(10-12)17-5-2/h7-8,10H,3-6,9H2,1-2H3,(H,15,16). The SMILES string of the molecule is [CH2]C(=O)Nc1ccc(OCCCC)cc1OCC. The Morgan fingerprint density at radius 2 is 2.11 bits per heavy atom. The molecule has 0 aliphatic heterocycles. The monoisotopic (exact) mass is 250 g/mol. The molecule has 18 heavy (non-hydrogen) atoms. The highest BCUT2D eigenvalue weighted by molar-refractivity contribution is 5.95. The largest absolute Gasteiger partial charge is 0.493 e. The van der Waals surface area contributed by atoms with Gasteiger partial charge in [-0.3, -0.25) is 4.79 Å². The number of ether oxygens (including phenoxy) is 2. The summed E-state index contributed by atoms with van der Waals surface area (Å²) in [6.45, 7) is 8.49. The van der Waals surface area contributed by atoms with E-state index < -0.39 is 0 Å². The van der Waals surface area contributed by atoms with E-state index in [9.17, 15) is 4.79 Å². The first-order valence-corrected chi connectivity index (χ1v) is 6.20. The van der Waals surface area contributed by atoms with Crippen LogP contribution in [0.5, 0.6) is 11.5 Å². The van der Waals surface area contributed by atoms with Gasteiger partial charge in [-0.05, 0) is 25.5 Å². The minimum atomic E-state index is -0.365. The van der Waals surface area contributed by atoms with E-state index in [0.717, 1.165) is 18.6 Å². The molecular weight excluding hydrogens is 230 g/mol. The Bertz CT molecular complexity index is 391. The fourth-order valence-electron chi connectivity index (χ4n) is 1.46. The van der Waals surface area contributed by atoms with Gasteiger partial charge in [-0.1, -0.05) is 13.3 Å². The third kappa shape index (κ3) is 4.65. The van der Waals surface area contributed by atoms with E-state index in [1.807, 2.05) is 13.0 Å². The van der Waals surface area contributed by atoms with Crippen molar-refractivity contribution in [2.24, 2.45) is 0 Å². The van der Waals surface area contributed by atoms with Crippen molar-refractivity contribution in [3.8, 4) is 11.5 Å². The molecule has 1 N–H and O–H groups in total. The Balaban J connectivity index is 2.78. The van der Waals surface area contributed by atoms with Crippen molar-refractivity contribution in [2.75, 3.05) is 18.5 Å². The van der Waals surface area contributed by atoms with Gasteiger partial charge in [0.2, 0.25) is 5.91 Å². The predicted octanol–water partition coefficient (Wildman–Crippen LogP) is 3.04. The highest BCUT2D eigenvalue weighted by atomic mass is 16.5. The molecule has 0 aliphatic rings. The van der Waals surface area contributed by atoms with Crippen molar-refractivity contribution < 1.29 is 14.3 Å². The fraction of sp³-hybridized carbons (Fsp3) is 0.429. The lowest BCUT2D eigenvalue weighted by Crippen LogP contribution is -2.08. The van der Waals surface area contributed by atoms with E-state index in [0.29, 0.717) is 24.7 Å². The zero-order chi connectivity index (χ0) is 13.4. The third-order valence-corrected chi connectivity index (χ3v) is 2.29. The van der Waals surface area contributed by atoms with E-state index in [1.54, 1.807) is 12.1 Å². The molecule has 0 aromatic heterocycles. The summed E-state index contributed by atoms with van der Waals surface area (Å²) in [6, 6.07) is 5.35. The number of amides is 1. The van der Waals surface area contributed by atoms with E-state index in [-0.39, 0.29) is 5.91 Å². The first kappa shape index (κ1) is 14.4. The smallest absolute Gasteiger partial charge is 0.224 e. The molecule has 0 saturated carbocycles. The van der Waals surface area contributed by atoms with Crippen LogP contribution >= 0.6 is 0 Å².